The molecule has 0 bridgehead atoms. The zero-order valence-corrected chi connectivity index (χ0v) is 65.0. The molecule has 0 aliphatic rings. The van der Waals surface area contributed by atoms with E-state index in [4.69, 9.17) is 5.11 Å². The van der Waals surface area contributed by atoms with Gasteiger partial charge in [0.25, 0.3) is 0 Å². The van der Waals surface area contributed by atoms with Crippen LogP contribution in [0, 0.1) is 17.8 Å². The maximum absolute atomic E-state index is 10.5. The zero-order chi connectivity index (χ0) is 17.0. The van der Waals surface area contributed by atoms with Crippen LogP contribution in [0.1, 0.15) is 110 Å². The number of carboxylic acids is 1. The number of carboxylic acid groups (broad SMARTS) is 1. The Morgan fingerprint density at radius 3 is 1.21 bits per heavy atom. The SMILES string of the molecule is C/C(=C\C(=O)O)CCC[C@H](C)CCC[C@H](C)CCCC(C)C.[H-].[H-].[H-].[H-].[H-].[H-].[H-].[H-].[H-].[H-].[H-].[H-].[K+].[K+].[K+].[K+].[K+].[K+].[K+].[K+].[K+].[K+].[K+].[K+]. The maximum atomic E-state index is 10.5. The number of allylic oxidation sites excluding steroid dienone is 1. The Balaban J connectivity index is -0.00000000799. The van der Waals surface area contributed by atoms with Crippen molar-refractivity contribution >= 4 is 5.97 Å². The first-order valence-corrected chi connectivity index (χ1v) is 9.21. The molecule has 0 saturated heterocycles. The van der Waals surface area contributed by atoms with Crippen LogP contribution in [0.5, 0.6) is 0 Å². The van der Waals surface area contributed by atoms with Gasteiger partial charge in [0.1, 0.15) is 0 Å². The van der Waals surface area contributed by atoms with E-state index in [1.54, 1.807) is 0 Å². The summed E-state index contributed by atoms with van der Waals surface area (Å²) in [5.41, 5.74) is 0.985. The van der Waals surface area contributed by atoms with Crippen LogP contribution in [0.25, 0.3) is 0 Å². The molecule has 34 heavy (non-hydrogen) atoms. The maximum Gasteiger partial charge on any atom is 1.00 e. The molecule has 0 spiro atoms. The van der Waals surface area contributed by atoms with Crippen molar-refractivity contribution in [1.29, 1.82) is 0 Å². The molecule has 2 nitrogen and oxygen atoms in total. The second-order valence-electron chi connectivity index (χ2n) is 7.69. The fourth-order valence-corrected chi connectivity index (χ4v) is 2.99. The predicted molar refractivity (Wildman–Crippen MR) is 109 cm³/mol. The summed E-state index contributed by atoms with van der Waals surface area (Å²) in [6.45, 7) is 11.3. The van der Waals surface area contributed by atoms with Crippen LogP contribution >= 0.6 is 0 Å². The largest absolute Gasteiger partial charge is 1.00 e. The molecule has 0 unspecified atom stereocenters. The number of hydrogen-bond donors (Lipinski definition) is 1. The molecule has 0 heterocycles. The van der Waals surface area contributed by atoms with Gasteiger partial charge in [-0.1, -0.05) is 78.2 Å². The summed E-state index contributed by atoms with van der Waals surface area (Å²) in [6, 6.07) is 0. The van der Waals surface area contributed by atoms with Crippen LogP contribution in [0.4, 0.5) is 0 Å². The minimum absolute atomic E-state index is 0. The van der Waals surface area contributed by atoms with Crippen molar-refractivity contribution in [3.05, 3.63) is 11.6 Å². The molecule has 154 valence electrons. The van der Waals surface area contributed by atoms with Crippen LogP contribution in [0.3, 0.4) is 0 Å². The van der Waals surface area contributed by atoms with Crippen LogP contribution < -0.4 is 617 Å². The summed E-state index contributed by atoms with van der Waals surface area (Å²) >= 11 is 0. The standard InChI is InChI=1S/C20H38O2.12K.12H/c1-16(2)9-6-10-17(3)11-7-12-18(4)13-8-14-19(5)15-20(21)22;;;;;;;;;;;;;;;;;;;;;;;;/h15-18H,6-14H2,1-5H3,(H,21,22);;;;;;;;;;;;;;;;;;;;;;;;/q;12*+1;12*-1/b19-15+;;;;;;;;;;;;;;;;;;;;;;;;/t17-,18-;;;;;;;;;;;;;;;;;;;;;;;;/m1......................../s1. The molecule has 0 rings (SSSR count). The molecule has 0 saturated carbocycles. The molecular weight excluding hydrogens is 741 g/mol. The Morgan fingerprint density at radius 1 is 0.618 bits per heavy atom. The summed E-state index contributed by atoms with van der Waals surface area (Å²) in [6.07, 6.45) is 12.7. The van der Waals surface area contributed by atoms with Crippen molar-refractivity contribution in [2.24, 2.45) is 17.8 Å². The third-order valence-electron chi connectivity index (χ3n) is 4.51. The van der Waals surface area contributed by atoms with Gasteiger partial charge in [-0.2, -0.15) is 0 Å². The average molecular weight is 792 g/mol. The first-order chi connectivity index (χ1) is 10.3. The van der Waals surface area contributed by atoms with Crippen LogP contribution in [-0.2, 0) is 4.79 Å². The smallest absolute Gasteiger partial charge is 1.00 e. The summed E-state index contributed by atoms with van der Waals surface area (Å²) in [4.78, 5) is 10.5. The van der Waals surface area contributed by atoms with E-state index < -0.39 is 5.97 Å². The third kappa shape index (κ3) is 75.7. The first-order valence-electron chi connectivity index (χ1n) is 9.21. The number of hydrogen-bond acceptors (Lipinski definition) is 1. The quantitative estimate of drug-likeness (QED) is 0.149. The van der Waals surface area contributed by atoms with Crippen molar-refractivity contribution in [3.63, 3.8) is 0 Å². The number of rotatable bonds is 13. The first kappa shape index (κ1) is 89.5. The van der Waals surface area contributed by atoms with Gasteiger partial charge in [0.05, 0.1) is 0 Å². The average Bonchev–Trinajstić information content (AvgIpc) is 2.37. The van der Waals surface area contributed by atoms with Gasteiger partial charge in [0, 0.05) is 6.08 Å². The van der Waals surface area contributed by atoms with Crippen molar-refractivity contribution in [2.75, 3.05) is 0 Å². The van der Waals surface area contributed by atoms with Gasteiger partial charge in [-0.3, -0.25) is 0 Å². The zero-order valence-electron chi connectivity index (χ0n) is 39.5. The van der Waals surface area contributed by atoms with Gasteiger partial charge >= 0.3 is 623 Å². The van der Waals surface area contributed by atoms with Crippen LogP contribution in [-0.4, -0.2) is 11.1 Å². The minimum atomic E-state index is -0.822. The fraction of sp³-hybridized carbons (Fsp3) is 0.850. The summed E-state index contributed by atoms with van der Waals surface area (Å²) < 4.78 is 0. The molecule has 0 aliphatic carbocycles. The van der Waals surface area contributed by atoms with Crippen molar-refractivity contribution < 1.29 is 644 Å². The summed E-state index contributed by atoms with van der Waals surface area (Å²) in [5, 5.41) is 8.68. The fourth-order valence-electron chi connectivity index (χ4n) is 2.99. The molecule has 1 N–H and O–H groups in total. The van der Waals surface area contributed by atoms with E-state index in [0.717, 1.165) is 36.2 Å². The summed E-state index contributed by atoms with van der Waals surface area (Å²) in [5.74, 6) is 1.65. The number of carbonyl (C=O) groups is 1. The Morgan fingerprint density at radius 2 is 0.912 bits per heavy atom. The van der Waals surface area contributed by atoms with Crippen molar-refractivity contribution in [1.82, 2.24) is 0 Å². The Kier molecular flexibility index (Phi) is 183. The van der Waals surface area contributed by atoms with E-state index in [1.165, 1.54) is 51.0 Å². The minimum Gasteiger partial charge on any atom is -1.00 e. The van der Waals surface area contributed by atoms with Crippen LogP contribution in [0.2, 0.25) is 0 Å². The second kappa shape index (κ2) is 69.7. The van der Waals surface area contributed by atoms with E-state index in [-0.39, 0.29) is 634 Å². The van der Waals surface area contributed by atoms with E-state index in [1.807, 2.05) is 6.92 Å². The molecular formula is C20H50K12O2. The molecule has 0 amide bonds. The topological polar surface area (TPSA) is 37.3 Å². The normalized spacial score (nSPS) is 9.76. The molecule has 0 aromatic rings. The van der Waals surface area contributed by atoms with E-state index >= 15 is 0 Å². The van der Waals surface area contributed by atoms with E-state index in [0.29, 0.717) is 0 Å². The molecule has 0 radical (unpaired) electrons. The monoisotopic (exact) mass is 790 g/mol. The summed E-state index contributed by atoms with van der Waals surface area (Å²) in [7, 11) is 0. The van der Waals surface area contributed by atoms with Gasteiger partial charge in [0.2, 0.25) is 0 Å². The van der Waals surface area contributed by atoms with Crippen molar-refractivity contribution in [3.8, 4) is 0 Å². The molecule has 0 aromatic heterocycles. The van der Waals surface area contributed by atoms with Crippen molar-refractivity contribution in [2.45, 2.75) is 92.4 Å². The van der Waals surface area contributed by atoms with Crippen LogP contribution in [0.15, 0.2) is 11.6 Å². The Bertz CT molecular complexity index is 388. The van der Waals surface area contributed by atoms with Gasteiger partial charge in [-0.15, -0.1) is 0 Å². The Labute approximate surface area is 743 Å². The van der Waals surface area contributed by atoms with Gasteiger partial charge in [-0.25, -0.2) is 4.79 Å². The predicted octanol–water partition coefficient (Wildman–Crippen LogP) is -28.1. The molecule has 0 fully saturated rings. The van der Waals surface area contributed by atoms with E-state index in [9.17, 15) is 4.79 Å². The molecule has 0 aliphatic heterocycles. The molecule has 14 heteroatoms. The van der Waals surface area contributed by atoms with Gasteiger partial charge in [0.15, 0.2) is 0 Å². The third-order valence-corrected chi connectivity index (χ3v) is 4.51. The second-order valence-corrected chi connectivity index (χ2v) is 7.69. The number of aliphatic carboxylic acids is 1. The van der Waals surface area contributed by atoms with Gasteiger partial charge in [-0.05, 0) is 37.5 Å². The Hall–Kier alpha value is 18.8. The van der Waals surface area contributed by atoms with Gasteiger partial charge < -0.3 is 22.2 Å². The molecule has 0 aromatic carbocycles. The molecule has 2 atom stereocenters. The van der Waals surface area contributed by atoms with E-state index in [2.05, 4.69) is 27.7 Å².